The fraction of sp³-hybridized carbons (Fsp3) is 0.400. The van der Waals surface area contributed by atoms with Gasteiger partial charge in [0, 0.05) is 25.4 Å². The molecule has 0 bridgehead atoms. The molecule has 0 aliphatic carbocycles. The second-order valence-electron chi connectivity index (χ2n) is 4.50. The van der Waals surface area contributed by atoms with Crippen LogP contribution in [-0.2, 0) is 11.8 Å². The minimum Gasteiger partial charge on any atom is -0.372 e. The predicted molar refractivity (Wildman–Crippen MR) is 75.8 cm³/mol. The fourth-order valence-corrected chi connectivity index (χ4v) is 2.30. The number of hydrogen-bond acceptors (Lipinski definition) is 3. The molecule has 0 spiro atoms. The summed E-state index contributed by atoms with van der Waals surface area (Å²) in [4.78, 5) is 0. The summed E-state index contributed by atoms with van der Waals surface area (Å²) in [5, 5.41) is 7.58. The van der Waals surface area contributed by atoms with Gasteiger partial charge in [-0.25, -0.2) is 0 Å². The van der Waals surface area contributed by atoms with Crippen molar-refractivity contribution in [1.82, 2.24) is 15.1 Å². The van der Waals surface area contributed by atoms with Crippen LogP contribution in [0.15, 0.2) is 42.7 Å². The second-order valence-corrected chi connectivity index (χ2v) is 4.50. The molecule has 0 radical (unpaired) electrons. The van der Waals surface area contributed by atoms with Crippen LogP contribution in [0.5, 0.6) is 0 Å². The van der Waals surface area contributed by atoms with E-state index in [4.69, 9.17) is 4.74 Å². The number of aryl methyl sites for hydroxylation is 1. The van der Waals surface area contributed by atoms with Crippen LogP contribution in [0.3, 0.4) is 0 Å². The molecule has 1 N–H and O–H groups in total. The third kappa shape index (κ3) is 3.22. The van der Waals surface area contributed by atoms with Gasteiger partial charge in [0.15, 0.2) is 0 Å². The molecule has 19 heavy (non-hydrogen) atoms. The molecule has 1 aromatic heterocycles. The van der Waals surface area contributed by atoms with Crippen LogP contribution in [-0.4, -0.2) is 23.4 Å². The van der Waals surface area contributed by atoms with E-state index < -0.39 is 0 Å². The highest BCUT2D eigenvalue weighted by Crippen LogP contribution is 2.31. The molecule has 0 aliphatic rings. The molecule has 1 heterocycles. The highest BCUT2D eigenvalue weighted by atomic mass is 16.5. The third-order valence-electron chi connectivity index (χ3n) is 3.17. The lowest BCUT2D eigenvalue weighted by molar-refractivity contribution is 0.0347. The fourth-order valence-electron chi connectivity index (χ4n) is 2.30. The molecule has 0 saturated heterocycles. The number of nitrogens with one attached hydrogen (secondary N) is 1. The monoisotopic (exact) mass is 259 g/mol. The first kappa shape index (κ1) is 13.8. The summed E-state index contributed by atoms with van der Waals surface area (Å²) in [5.74, 6) is 0. The predicted octanol–water partition coefficient (Wildman–Crippen LogP) is 2.46. The van der Waals surface area contributed by atoms with Gasteiger partial charge in [-0.1, -0.05) is 30.3 Å². The van der Waals surface area contributed by atoms with E-state index in [0.717, 1.165) is 5.56 Å². The van der Waals surface area contributed by atoms with Gasteiger partial charge < -0.3 is 10.1 Å². The molecular formula is C15H21N3O. The molecule has 2 unspecified atom stereocenters. The van der Waals surface area contributed by atoms with Gasteiger partial charge in [0.1, 0.15) is 6.10 Å². The van der Waals surface area contributed by atoms with Crippen molar-refractivity contribution in [3.63, 3.8) is 0 Å². The first-order valence-corrected chi connectivity index (χ1v) is 6.58. The van der Waals surface area contributed by atoms with Crippen LogP contribution in [0.1, 0.15) is 30.2 Å². The number of rotatable bonds is 6. The van der Waals surface area contributed by atoms with Crippen LogP contribution in [0.4, 0.5) is 0 Å². The summed E-state index contributed by atoms with van der Waals surface area (Å²) in [6, 6.07) is 10.4. The van der Waals surface area contributed by atoms with E-state index in [2.05, 4.69) is 22.5 Å². The topological polar surface area (TPSA) is 39.1 Å². The Labute approximate surface area is 114 Å². The van der Waals surface area contributed by atoms with E-state index >= 15 is 0 Å². The van der Waals surface area contributed by atoms with Crippen molar-refractivity contribution in [2.45, 2.75) is 19.1 Å². The van der Waals surface area contributed by atoms with Crippen LogP contribution in [0, 0.1) is 0 Å². The SMILES string of the molecule is CCOC(c1ccccc1)C(NC)c1cnn(C)c1. The minimum atomic E-state index is -0.0135. The van der Waals surface area contributed by atoms with Gasteiger partial charge in [0.25, 0.3) is 0 Å². The van der Waals surface area contributed by atoms with Crippen LogP contribution < -0.4 is 5.32 Å². The highest BCUT2D eigenvalue weighted by molar-refractivity contribution is 5.23. The molecule has 2 rings (SSSR count). The van der Waals surface area contributed by atoms with Crippen molar-refractivity contribution in [2.75, 3.05) is 13.7 Å². The lowest BCUT2D eigenvalue weighted by Crippen LogP contribution is -2.25. The molecule has 0 amide bonds. The average molecular weight is 259 g/mol. The number of benzene rings is 1. The Morgan fingerprint density at radius 2 is 2.00 bits per heavy atom. The minimum absolute atomic E-state index is 0.0135. The maximum Gasteiger partial charge on any atom is 0.102 e. The molecule has 0 fully saturated rings. The molecule has 2 aromatic rings. The molecule has 4 heteroatoms. The van der Waals surface area contributed by atoms with Gasteiger partial charge >= 0.3 is 0 Å². The zero-order chi connectivity index (χ0) is 13.7. The van der Waals surface area contributed by atoms with Crippen molar-refractivity contribution in [2.24, 2.45) is 7.05 Å². The summed E-state index contributed by atoms with van der Waals surface area (Å²) in [5.41, 5.74) is 2.31. The normalized spacial score (nSPS) is 14.3. The molecule has 0 saturated carbocycles. The molecule has 2 atom stereocenters. The van der Waals surface area contributed by atoms with E-state index in [1.807, 2.05) is 56.3 Å². The average Bonchev–Trinajstić information content (AvgIpc) is 2.86. The van der Waals surface area contributed by atoms with Crippen LogP contribution >= 0.6 is 0 Å². The molecule has 102 valence electrons. The lowest BCUT2D eigenvalue weighted by atomic mass is 9.98. The van der Waals surface area contributed by atoms with Crippen LogP contribution in [0.25, 0.3) is 0 Å². The van der Waals surface area contributed by atoms with E-state index in [-0.39, 0.29) is 12.1 Å². The maximum atomic E-state index is 5.95. The van der Waals surface area contributed by atoms with Gasteiger partial charge in [0.05, 0.1) is 12.2 Å². The molecule has 1 aromatic carbocycles. The number of aromatic nitrogens is 2. The first-order valence-electron chi connectivity index (χ1n) is 6.58. The van der Waals surface area contributed by atoms with Crippen molar-refractivity contribution >= 4 is 0 Å². The molecule has 0 aliphatic heterocycles. The van der Waals surface area contributed by atoms with Crippen LogP contribution in [0.2, 0.25) is 0 Å². The van der Waals surface area contributed by atoms with Gasteiger partial charge in [-0.15, -0.1) is 0 Å². The molecular weight excluding hydrogens is 238 g/mol. The summed E-state index contributed by atoms with van der Waals surface area (Å²) >= 11 is 0. The summed E-state index contributed by atoms with van der Waals surface area (Å²) < 4.78 is 7.76. The van der Waals surface area contributed by atoms with Gasteiger partial charge in [-0.05, 0) is 19.5 Å². The van der Waals surface area contributed by atoms with Crippen molar-refractivity contribution in [1.29, 1.82) is 0 Å². The van der Waals surface area contributed by atoms with Gasteiger partial charge in [-0.3, -0.25) is 4.68 Å². The highest BCUT2D eigenvalue weighted by Gasteiger charge is 2.24. The van der Waals surface area contributed by atoms with E-state index in [1.54, 1.807) is 0 Å². The second kappa shape index (κ2) is 6.50. The Morgan fingerprint density at radius 3 is 2.53 bits per heavy atom. The van der Waals surface area contributed by atoms with Crippen molar-refractivity contribution in [3.8, 4) is 0 Å². The zero-order valence-electron chi connectivity index (χ0n) is 11.7. The Hall–Kier alpha value is -1.65. The van der Waals surface area contributed by atoms with E-state index in [1.165, 1.54) is 5.56 Å². The number of ether oxygens (including phenoxy) is 1. The van der Waals surface area contributed by atoms with Crippen molar-refractivity contribution < 1.29 is 4.74 Å². The Kier molecular flexibility index (Phi) is 4.71. The zero-order valence-corrected chi connectivity index (χ0v) is 11.7. The summed E-state index contributed by atoms with van der Waals surface area (Å²) in [6.45, 7) is 2.70. The standard InChI is InChI=1S/C15H21N3O/c1-4-19-15(12-8-6-5-7-9-12)14(16-2)13-10-17-18(3)11-13/h5-11,14-16H,4H2,1-3H3. The van der Waals surface area contributed by atoms with Gasteiger partial charge in [-0.2, -0.15) is 5.10 Å². The number of hydrogen-bond donors (Lipinski definition) is 1. The largest absolute Gasteiger partial charge is 0.372 e. The Morgan fingerprint density at radius 1 is 1.26 bits per heavy atom. The smallest absolute Gasteiger partial charge is 0.102 e. The Bertz CT molecular complexity index is 495. The Balaban J connectivity index is 2.31. The quantitative estimate of drug-likeness (QED) is 0.866. The maximum absolute atomic E-state index is 5.95. The molecule has 4 nitrogen and oxygen atoms in total. The lowest BCUT2D eigenvalue weighted by Gasteiger charge is -2.26. The third-order valence-corrected chi connectivity index (χ3v) is 3.17. The number of nitrogens with zero attached hydrogens (tertiary/aromatic N) is 2. The first-order chi connectivity index (χ1) is 9.26. The number of likely N-dealkylation sites (N-methyl/N-ethyl adjacent to an activating group) is 1. The summed E-state index contributed by atoms with van der Waals surface area (Å²) in [6.07, 6.45) is 3.90. The van der Waals surface area contributed by atoms with Crippen molar-refractivity contribution in [3.05, 3.63) is 53.9 Å². The van der Waals surface area contributed by atoms with E-state index in [9.17, 15) is 0 Å². The van der Waals surface area contributed by atoms with Gasteiger partial charge in [0.2, 0.25) is 0 Å². The van der Waals surface area contributed by atoms with E-state index in [0.29, 0.717) is 6.61 Å². The summed E-state index contributed by atoms with van der Waals surface area (Å²) in [7, 11) is 3.88.